The van der Waals surface area contributed by atoms with Gasteiger partial charge in [-0.15, -0.1) is 0 Å². The number of carbonyl (C=O) groups is 2. The zero-order valence-corrected chi connectivity index (χ0v) is 6.95. The molecular weight excluding hydrogens is 152 g/mol. The van der Waals surface area contributed by atoms with Gasteiger partial charge < -0.3 is 9.53 Å². The van der Waals surface area contributed by atoms with Gasteiger partial charge in [0.15, 0.2) is 0 Å². The van der Waals surface area contributed by atoms with Crippen molar-refractivity contribution in [1.82, 2.24) is 0 Å². The number of aliphatic carboxylic acids is 1. The van der Waals surface area contributed by atoms with E-state index in [9.17, 15) is 9.59 Å². The van der Waals surface area contributed by atoms with Gasteiger partial charge in [-0.2, -0.15) is 0 Å². The van der Waals surface area contributed by atoms with Crippen LogP contribution in [0.15, 0.2) is 12.2 Å². The summed E-state index contributed by atoms with van der Waals surface area (Å²) in [6, 6.07) is 0. The normalized spacial score (nSPS) is 10.9. The molecule has 0 saturated carbocycles. The van der Waals surface area contributed by atoms with Crippen LogP contribution in [0, 0.1) is 0 Å². The van der Waals surface area contributed by atoms with Crippen molar-refractivity contribution in [2.45, 2.75) is 6.55 Å². The van der Waals surface area contributed by atoms with Crippen LogP contribution in [0.4, 0.5) is 0 Å². The minimum Gasteiger partial charge on any atom is -0.522 e. The third-order valence-corrected chi connectivity index (χ3v) is 1.22. The van der Waals surface area contributed by atoms with Crippen LogP contribution >= 0.6 is 0 Å². The van der Waals surface area contributed by atoms with Crippen molar-refractivity contribution in [2.75, 3.05) is 0 Å². The van der Waals surface area contributed by atoms with Gasteiger partial charge in [0, 0.05) is 12.2 Å². The van der Waals surface area contributed by atoms with E-state index < -0.39 is 21.7 Å². The predicted molar refractivity (Wildman–Crippen MR) is 37.3 cm³/mol. The Morgan fingerprint density at radius 3 is 2.50 bits per heavy atom. The molecular formula is C5H8O4Si. The quantitative estimate of drug-likeness (QED) is 0.438. The fourth-order valence-electron chi connectivity index (χ4n) is 0.330. The fraction of sp³-hybridized carbons (Fsp3) is 0.200. The Kier molecular flexibility index (Phi) is 4.22. The van der Waals surface area contributed by atoms with E-state index in [0.717, 1.165) is 12.2 Å². The SMILES string of the molecule is C[SiH2]OC(=O)/C=C\C(=O)O. The summed E-state index contributed by atoms with van der Waals surface area (Å²) in [6.45, 7) is 1.78. The molecule has 1 N–H and O–H groups in total. The molecule has 0 radical (unpaired) electrons. The second-order valence-corrected chi connectivity index (χ2v) is 2.29. The first-order valence-electron chi connectivity index (χ1n) is 2.74. The molecule has 0 heterocycles. The van der Waals surface area contributed by atoms with Gasteiger partial charge in [-0.05, 0) is 6.55 Å². The highest BCUT2D eigenvalue weighted by Gasteiger charge is 1.93. The van der Waals surface area contributed by atoms with E-state index in [1.165, 1.54) is 0 Å². The molecule has 0 amide bonds. The lowest BCUT2D eigenvalue weighted by Gasteiger charge is -1.92. The number of carbonyl (C=O) groups excluding carboxylic acids is 1. The molecule has 0 aromatic heterocycles. The summed E-state index contributed by atoms with van der Waals surface area (Å²) in [5.41, 5.74) is 0. The molecule has 0 aromatic carbocycles. The highest BCUT2D eigenvalue weighted by molar-refractivity contribution is 6.29. The van der Waals surface area contributed by atoms with Gasteiger partial charge in [-0.3, -0.25) is 0 Å². The summed E-state index contributed by atoms with van der Waals surface area (Å²) >= 11 is 0. The van der Waals surface area contributed by atoms with Crippen molar-refractivity contribution in [2.24, 2.45) is 0 Å². The Balaban J connectivity index is 3.67. The van der Waals surface area contributed by atoms with Gasteiger partial charge in [0.2, 0.25) is 9.76 Å². The minimum atomic E-state index is -1.14. The summed E-state index contributed by atoms with van der Waals surface area (Å²) in [6.07, 6.45) is 1.66. The molecule has 0 aliphatic heterocycles. The maximum Gasteiger partial charge on any atom is 0.328 e. The van der Waals surface area contributed by atoms with Crippen molar-refractivity contribution in [3.8, 4) is 0 Å². The average Bonchev–Trinajstić information content (AvgIpc) is 1.85. The van der Waals surface area contributed by atoms with E-state index >= 15 is 0 Å². The lowest BCUT2D eigenvalue weighted by Crippen LogP contribution is -2.02. The monoisotopic (exact) mass is 160 g/mol. The Morgan fingerprint density at radius 2 is 2.10 bits per heavy atom. The molecule has 5 heteroatoms. The van der Waals surface area contributed by atoms with Crippen LogP contribution in [0.25, 0.3) is 0 Å². The van der Waals surface area contributed by atoms with Crippen molar-refractivity contribution in [3.05, 3.63) is 12.2 Å². The zero-order chi connectivity index (χ0) is 7.98. The van der Waals surface area contributed by atoms with Crippen LogP contribution in [0.2, 0.25) is 6.55 Å². The summed E-state index contributed by atoms with van der Waals surface area (Å²) in [7, 11) is -0.772. The average molecular weight is 160 g/mol. The van der Waals surface area contributed by atoms with Crippen molar-refractivity contribution in [3.63, 3.8) is 0 Å². The van der Waals surface area contributed by atoms with Gasteiger partial charge in [0.1, 0.15) is 0 Å². The second kappa shape index (κ2) is 4.75. The molecule has 56 valence electrons. The topological polar surface area (TPSA) is 63.6 Å². The lowest BCUT2D eigenvalue weighted by atomic mass is 10.5. The fourth-order valence-corrected chi connectivity index (χ4v) is 0.710. The molecule has 0 unspecified atom stereocenters. The van der Waals surface area contributed by atoms with Crippen molar-refractivity contribution in [1.29, 1.82) is 0 Å². The Hall–Kier alpha value is -1.10. The predicted octanol–water partition coefficient (Wildman–Crippen LogP) is -0.698. The Bertz CT molecular complexity index is 163. The number of carboxylic acids is 1. The van der Waals surface area contributed by atoms with E-state index in [1.807, 2.05) is 0 Å². The largest absolute Gasteiger partial charge is 0.522 e. The molecule has 0 rings (SSSR count). The summed E-state index contributed by atoms with van der Waals surface area (Å²) in [5, 5.41) is 8.05. The number of carboxylic acid groups (broad SMARTS) is 1. The molecule has 0 atom stereocenters. The maximum atomic E-state index is 10.4. The standard InChI is InChI=1S/C5H8O4Si/c1-10-9-5(8)3-2-4(6)7/h2-3H,10H2,1H3,(H,6,7)/b3-2-. The van der Waals surface area contributed by atoms with E-state index in [0.29, 0.717) is 0 Å². The van der Waals surface area contributed by atoms with E-state index in [1.54, 1.807) is 6.55 Å². The van der Waals surface area contributed by atoms with Crippen LogP contribution in [-0.4, -0.2) is 26.8 Å². The van der Waals surface area contributed by atoms with Crippen LogP contribution in [0.3, 0.4) is 0 Å². The lowest BCUT2D eigenvalue weighted by molar-refractivity contribution is -0.133. The van der Waals surface area contributed by atoms with Gasteiger partial charge in [0.25, 0.3) is 0 Å². The summed E-state index contributed by atoms with van der Waals surface area (Å²) < 4.78 is 4.54. The number of hydrogen-bond donors (Lipinski definition) is 1. The Morgan fingerprint density at radius 1 is 1.50 bits per heavy atom. The number of hydrogen-bond acceptors (Lipinski definition) is 3. The van der Waals surface area contributed by atoms with Crippen LogP contribution < -0.4 is 0 Å². The molecule has 4 nitrogen and oxygen atoms in total. The molecule has 10 heavy (non-hydrogen) atoms. The van der Waals surface area contributed by atoms with E-state index in [4.69, 9.17) is 5.11 Å². The van der Waals surface area contributed by atoms with E-state index in [-0.39, 0.29) is 0 Å². The smallest absolute Gasteiger partial charge is 0.328 e. The highest BCUT2D eigenvalue weighted by Crippen LogP contribution is 1.78. The van der Waals surface area contributed by atoms with E-state index in [2.05, 4.69) is 4.43 Å². The number of rotatable bonds is 3. The van der Waals surface area contributed by atoms with Gasteiger partial charge in [-0.1, -0.05) is 0 Å². The van der Waals surface area contributed by atoms with Crippen molar-refractivity contribution >= 4 is 21.7 Å². The van der Waals surface area contributed by atoms with Gasteiger partial charge in [0.05, 0.1) is 0 Å². The third kappa shape index (κ3) is 5.04. The maximum absolute atomic E-state index is 10.4. The second-order valence-electron chi connectivity index (χ2n) is 1.42. The first-order valence-corrected chi connectivity index (χ1v) is 4.73. The van der Waals surface area contributed by atoms with Crippen LogP contribution in [0.5, 0.6) is 0 Å². The molecule has 0 saturated heterocycles. The third-order valence-electron chi connectivity index (χ3n) is 0.649. The van der Waals surface area contributed by atoms with Crippen LogP contribution in [-0.2, 0) is 14.0 Å². The minimum absolute atomic E-state index is 0.573. The molecule has 0 aliphatic rings. The van der Waals surface area contributed by atoms with Crippen LogP contribution in [0.1, 0.15) is 0 Å². The van der Waals surface area contributed by atoms with Gasteiger partial charge in [-0.25, -0.2) is 9.59 Å². The molecule has 0 bridgehead atoms. The summed E-state index contributed by atoms with van der Waals surface area (Å²) in [4.78, 5) is 20.2. The molecule has 0 aromatic rings. The molecule has 0 aliphatic carbocycles. The molecule has 0 fully saturated rings. The van der Waals surface area contributed by atoms with Gasteiger partial charge >= 0.3 is 11.9 Å². The highest BCUT2D eigenvalue weighted by atomic mass is 28.2. The summed E-state index contributed by atoms with van der Waals surface area (Å²) in [5.74, 6) is -1.72. The molecule has 0 spiro atoms. The van der Waals surface area contributed by atoms with Crippen molar-refractivity contribution < 1.29 is 19.1 Å². The first-order chi connectivity index (χ1) is 4.66. The first kappa shape index (κ1) is 8.90. The Labute approximate surface area is 60.4 Å². The zero-order valence-electron chi connectivity index (χ0n) is 5.53.